The van der Waals surface area contributed by atoms with Crippen LogP contribution in [0.25, 0.3) is 0 Å². The summed E-state index contributed by atoms with van der Waals surface area (Å²) in [6.45, 7) is 3.44. The van der Waals surface area contributed by atoms with Gasteiger partial charge in [-0.3, -0.25) is 0 Å². The van der Waals surface area contributed by atoms with Crippen LogP contribution >= 0.6 is 0 Å². The average Bonchev–Trinajstić information content (AvgIpc) is 0.811. The van der Waals surface area contributed by atoms with Gasteiger partial charge in [0.1, 0.15) is 0 Å². The number of hydrogen-bond donors (Lipinski definition) is 1. The van der Waals surface area contributed by atoms with Gasteiger partial charge < -0.3 is 5.11 Å². The molecule has 0 fully saturated rings. The van der Waals surface area contributed by atoms with Crippen LogP contribution in [0.3, 0.4) is 0 Å². The molecule has 0 aromatic rings. The molecular formula is C3H8CeO. The zero-order valence-corrected chi connectivity index (χ0v) is 6.66. The molecule has 0 aliphatic heterocycles. The van der Waals surface area contributed by atoms with Gasteiger partial charge in [0.15, 0.2) is 0 Å². The fraction of sp³-hybridized carbons (Fsp3) is 1.00. The van der Waals surface area contributed by atoms with Crippen molar-refractivity contribution in [3.8, 4) is 0 Å². The Labute approximate surface area is 66.1 Å². The number of aliphatic hydroxyl groups excluding tert-OH is 1. The first-order chi connectivity index (χ1) is 1.73. The van der Waals surface area contributed by atoms with Gasteiger partial charge >= 0.3 is 0 Å². The third-order valence-electron chi connectivity index (χ3n) is 0. The maximum Gasteiger partial charge on any atom is 0.0483 e. The van der Waals surface area contributed by atoms with Crippen molar-refractivity contribution in [2.24, 2.45) is 0 Å². The van der Waals surface area contributed by atoms with Crippen molar-refractivity contribution in [3.05, 3.63) is 0 Å². The monoisotopic (exact) mass is 200 g/mol. The van der Waals surface area contributed by atoms with E-state index in [0.717, 1.165) is 0 Å². The van der Waals surface area contributed by atoms with E-state index in [1.807, 2.05) is 0 Å². The van der Waals surface area contributed by atoms with Crippen LogP contribution in [0.15, 0.2) is 0 Å². The van der Waals surface area contributed by atoms with Crippen molar-refractivity contribution >= 4 is 0 Å². The molecule has 0 radical (unpaired) electrons. The van der Waals surface area contributed by atoms with Crippen molar-refractivity contribution < 1.29 is 46.9 Å². The van der Waals surface area contributed by atoms with Gasteiger partial charge in [-0.05, 0) is 13.8 Å². The molecule has 0 saturated heterocycles. The molecule has 1 N–H and O–H groups in total. The van der Waals surface area contributed by atoms with E-state index in [4.69, 9.17) is 5.11 Å². The summed E-state index contributed by atoms with van der Waals surface area (Å²) in [4.78, 5) is 0. The first-order valence-electron chi connectivity index (χ1n) is 1.41. The minimum Gasteiger partial charge on any atom is -0.394 e. The molecule has 0 spiro atoms. The quantitative estimate of drug-likeness (QED) is 0.599. The molecule has 0 atom stereocenters. The summed E-state index contributed by atoms with van der Waals surface area (Å²) in [5.74, 6) is 0. The van der Waals surface area contributed by atoms with E-state index in [0.29, 0.717) is 0 Å². The third-order valence-corrected chi connectivity index (χ3v) is 0. The van der Waals surface area contributed by atoms with E-state index in [1.165, 1.54) is 0 Å². The summed E-state index contributed by atoms with van der Waals surface area (Å²) in [5, 5.41) is 8.06. The Morgan fingerprint density at radius 1 is 1.40 bits per heavy atom. The Kier molecular flexibility index (Phi) is 10.2. The molecule has 0 heterocycles. The molecule has 0 aromatic carbocycles. The second kappa shape index (κ2) is 5.34. The summed E-state index contributed by atoms with van der Waals surface area (Å²) in [6.07, 6.45) is -0.167. The molecule has 5 heavy (non-hydrogen) atoms. The second-order valence-electron chi connectivity index (χ2n) is 1.09. The molecule has 0 rings (SSSR count). The Hall–Kier alpha value is 1.34. The molecule has 2 heteroatoms. The minimum atomic E-state index is -0.167. The van der Waals surface area contributed by atoms with Gasteiger partial charge in [-0.25, -0.2) is 0 Å². The Morgan fingerprint density at radius 2 is 1.40 bits per heavy atom. The van der Waals surface area contributed by atoms with Crippen molar-refractivity contribution in [2.75, 3.05) is 0 Å². The van der Waals surface area contributed by atoms with Gasteiger partial charge in [-0.2, -0.15) is 0 Å². The van der Waals surface area contributed by atoms with Gasteiger partial charge in [0.25, 0.3) is 0 Å². The van der Waals surface area contributed by atoms with Crippen LogP contribution in [0.2, 0.25) is 0 Å². The van der Waals surface area contributed by atoms with Gasteiger partial charge in [0.05, 0.1) is 0 Å². The first kappa shape index (κ1) is 9.60. The van der Waals surface area contributed by atoms with Crippen LogP contribution in [0.1, 0.15) is 13.8 Å². The van der Waals surface area contributed by atoms with E-state index in [9.17, 15) is 0 Å². The summed E-state index contributed by atoms with van der Waals surface area (Å²) < 4.78 is 0. The Bertz CT molecular complexity index is 11.6. The number of aliphatic hydroxyl groups is 1. The maximum absolute atomic E-state index is 8.06. The molecule has 0 saturated carbocycles. The van der Waals surface area contributed by atoms with Crippen molar-refractivity contribution in [3.63, 3.8) is 0 Å². The van der Waals surface area contributed by atoms with Gasteiger partial charge in [0.2, 0.25) is 0 Å². The van der Waals surface area contributed by atoms with Crippen molar-refractivity contribution in [1.29, 1.82) is 0 Å². The summed E-state index contributed by atoms with van der Waals surface area (Å²) in [7, 11) is 0. The molecule has 0 aliphatic carbocycles. The number of hydrogen-bond acceptors (Lipinski definition) is 1. The predicted molar refractivity (Wildman–Crippen MR) is 17.4 cm³/mol. The molecule has 1 nitrogen and oxygen atoms in total. The molecule has 30 valence electrons. The summed E-state index contributed by atoms with van der Waals surface area (Å²) in [6, 6.07) is 0. The standard InChI is InChI=1S/C3H8O.Ce/c1-3(2)4;/h3-4H,1-2H3;. The van der Waals surface area contributed by atoms with E-state index in [1.54, 1.807) is 13.8 Å². The zero-order valence-electron chi connectivity index (χ0n) is 3.52. The molecule has 0 aromatic heterocycles. The normalized spacial score (nSPS) is 7.20. The van der Waals surface area contributed by atoms with Gasteiger partial charge in [-0.15, -0.1) is 0 Å². The maximum atomic E-state index is 8.06. The fourth-order valence-corrected chi connectivity index (χ4v) is 0. The van der Waals surface area contributed by atoms with Crippen LogP contribution < -0.4 is 0 Å². The third kappa shape index (κ3) is 33.3. The van der Waals surface area contributed by atoms with Gasteiger partial charge in [0, 0.05) is 47.9 Å². The van der Waals surface area contributed by atoms with Gasteiger partial charge in [-0.1, -0.05) is 0 Å². The smallest absolute Gasteiger partial charge is 0.0483 e. The van der Waals surface area contributed by atoms with E-state index < -0.39 is 0 Å². The van der Waals surface area contributed by atoms with E-state index in [-0.39, 0.29) is 47.9 Å². The predicted octanol–water partition coefficient (Wildman–Crippen LogP) is 0.387. The van der Waals surface area contributed by atoms with Crippen LogP contribution in [-0.4, -0.2) is 11.2 Å². The Morgan fingerprint density at radius 3 is 1.40 bits per heavy atom. The molecule has 0 unspecified atom stereocenters. The van der Waals surface area contributed by atoms with Crippen molar-refractivity contribution in [2.45, 2.75) is 20.0 Å². The fourth-order valence-electron chi connectivity index (χ4n) is 0. The van der Waals surface area contributed by atoms with E-state index >= 15 is 0 Å². The molecule has 0 amide bonds. The molecular weight excluding hydrogens is 192 g/mol. The van der Waals surface area contributed by atoms with E-state index in [2.05, 4.69) is 0 Å². The zero-order chi connectivity index (χ0) is 3.58. The average molecular weight is 200 g/mol. The van der Waals surface area contributed by atoms with Crippen LogP contribution in [0, 0.1) is 41.7 Å². The SMILES string of the molecule is CC(C)O.[Ce]. The largest absolute Gasteiger partial charge is 0.394 e. The van der Waals surface area contributed by atoms with Crippen molar-refractivity contribution in [1.82, 2.24) is 0 Å². The first-order valence-corrected chi connectivity index (χ1v) is 1.41. The van der Waals surface area contributed by atoms with Crippen LogP contribution in [0.4, 0.5) is 0 Å². The van der Waals surface area contributed by atoms with Crippen LogP contribution in [-0.2, 0) is 0 Å². The molecule has 0 aliphatic rings. The molecule has 0 bridgehead atoms. The Balaban J connectivity index is 0. The summed E-state index contributed by atoms with van der Waals surface area (Å²) in [5.41, 5.74) is 0. The summed E-state index contributed by atoms with van der Waals surface area (Å²) >= 11 is 0. The topological polar surface area (TPSA) is 20.2 Å². The second-order valence-corrected chi connectivity index (χ2v) is 1.09. The number of rotatable bonds is 0. The van der Waals surface area contributed by atoms with Crippen LogP contribution in [0.5, 0.6) is 0 Å². The minimum absolute atomic E-state index is 0.